The molecule has 0 unspecified atom stereocenters. The summed E-state index contributed by atoms with van der Waals surface area (Å²) in [4.78, 5) is 12.9. The number of hydrogen-bond acceptors (Lipinski definition) is 5. The fraction of sp³-hybridized carbons (Fsp3) is 0.174. The van der Waals surface area contributed by atoms with Gasteiger partial charge in [0.2, 0.25) is 10.0 Å². The summed E-state index contributed by atoms with van der Waals surface area (Å²) in [7, 11) is -7.58. The number of benzene rings is 3. The van der Waals surface area contributed by atoms with Crippen molar-refractivity contribution in [2.75, 3.05) is 10.0 Å². The maximum atomic E-state index is 12.7. The van der Waals surface area contributed by atoms with Crippen molar-refractivity contribution in [2.45, 2.75) is 36.1 Å². The Morgan fingerprint density at radius 2 is 1.18 bits per heavy atom. The van der Waals surface area contributed by atoms with Gasteiger partial charge in [-0.15, -0.1) is 0 Å². The zero-order valence-corrected chi connectivity index (χ0v) is 20.0. The van der Waals surface area contributed by atoms with E-state index < -0.39 is 31.5 Å². The van der Waals surface area contributed by atoms with Crippen LogP contribution in [0.25, 0.3) is 0 Å². The Labute approximate surface area is 194 Å². The first-order valence-electron chi connectivity index (χ1n) is 10.00. The van der Waals surface area contributed by atoms with Crippen LogP contribution < -0.4 is 14.8 Å². The summed E-state index contributed by atoms with van der Waals surface area (Å²) >= 11 is 0. The van der Waals surface area contributed by atoms with Crippen LogP contribution in [-0.2, 0) is 20.0 Å². The first-order chi connectivity index (χ1) is 15.4. The third-order valence-electron chi connectivity index (χ3n) is 4.34. The monoisotopic (exact) mass is 487 g/mol. The summed E-state index contributed by atoms with van der Waals surface area (Å²) in [5, 5.41) is 2.67. The van der Waals surface area contributed by atoms with Crippen LogP contribution in [0.5, 0.6) is 0 Å². The van der Waals surface area contributed by atoms with Gasteiger partial charge in [-0.3, -0.25) is 9.52 Å². The number of amides is 1. The Bertz CT molecular complexity index is 1350. The first kappa shape index (κ1) is 24.4. The van der Waals surface area contributed by atoms with Gasteiger partial charge in [-0.1, -0.05) is 30.3 Å². The molecule has 8 nitrogen and oxygen atoms in total. The fourth-order valence-electron chi connectivity index (χ4n) is 2.93. The SMILES string of the molecule is CC(C)(C)NS(=O)(=O)c1ccc(C(=O)Nc2ccccc2NS(=O)(=O)c2ccccc2)cc1. The molecule has 0 bridgehead atoms. The predicted molar refractivity (Wildman–Crippen MR) is 128 cm³/mol. The molecule has 0 spiro atoms. The zero-order chi connectivity index (χ0) is 24.3. The van der Waals surface area contributed by atoms with Crippen LogP contribution >= 0.6 is 0 Å². The van der Waals surface area contributed by atoms with Crippen LogP contribution in [0.4, 0.5) is 11.4 Å². The second-order valence-electron chi connectivity index (χ2n) is 8.30. The number of para-hydroxylation sites is 2. The molecule has 3 rings (SSSR count). The van der Waals surface area contributed by atoms with Crippen LogP contribution in [0, 0.1) is 0 Å². The highest BCUT2D eigenvalue weighted by Gasteiger charge is 2.22. The van der Waals surface area contributed by atoms with Gasteiger partial charge < -0.3 is 5.32 Å². The molecule has 0 aliphatic rings. The molecule has 0 heterocycles. The molecule has 0 saturated carbocycles. The van der Waals surface area contributed by atoms with E-state index in [2.05, 4.69) is 14.8 Å². The average Bonchev–Trinajstić information content (AvgIpc) is 2.74. The molecular weight excluding hydrogens is 462 g/mol. The van der Waals surface area contributed by atoms with E-state index in [9.17, 15) is 21.6 Å². The Morgan fingerprint density at radius 1 is 0.667 bits per heavy atom. The van der Waals surface area contributed by atoms with Crippen molar-refractivity contribution >= 4 is 37.3 Å². The number of rotatable bonds is 7. The lowest BCUT2D eigenvalue weighted by molar-refractivity contribution is 0.102. The van der Waals surface area contributed by atoms with Gasteiger partial charge in [-0.25, -0.2) is 21.6 Å². The molecule has 33 heavy (non-hydrogen) atoms. The Hall–Kier alpha value is -3.21. The topological polar surface area (TPSA) is 121 Å². The third-order valence-corrected chi connectivity index (χ3v) is 7.50. The van der Waals surface area contributed by atoms with Gasteiger partial charge >= 0.3 is 0 Å². The molecule has 10 heteroatoms. The van der Waals surface area contributed by atoms with Gasteiger partial charge in [0.15, 0.2) is 0 Å². The highest BCUT2D eigenvalue weighted by atomic mass is 32.2. The molecule has 1 amide bonds. The van der Waals surface area contributed by atoms with Crippen LogP contribution in [0.15, 0.2) is 88.7 Å². The highest BCUT2D eigenvalue weighted by molar-refractivity contribution is 7.92. The quantitative estimate of drug-likeness (QED) is 0.468. The van der Waals surface area contributed by atoms with Gasteiger partial charge in [0, 0.05) is 11.1 Å². The largest absolute Gasteiger partial charge is 0.320 e. The summed E-state index contributed by atoms with van der Waals surface area (Å²) in [5.41, 5.74) is 0.0212. The molecule has 0 radical (unpaired) electrons. The molecule has 0 atom stereocenters. The maximum Gasteiger partial charge on any atom is 0.261 e. The second-order valence-corrected chi connectivity index (χ2v) is 11.7. The molecule has 3 aromatic carbocycles. The van der Waals surface area contributed by atoms with Crippen molar-refractivity contribution in [3.05, 3.63) is 84.4 Å². The molecule has 0 saturated heterocycles. The van der Waals surface area contributed by atoms with E-state index >= 15 is 0 Å². The minimum atomic E-state index is -3.85. The van der Waals surface area contributed by atoms with Crippen molar-refractivity contribution in [1.82, 2.24) is 4.72 Å². The summed E-state index contributed by atoms with van der Waals surface area (Å²) in [6.45, 7) is 5.20. The molecule has 3 N–H and O–H groups in total. The average molecular weight is 488 g/mol. The Morgan fingerprint density at radius 3 is 1.76 bits per heavy atom. The van der Waals surface area contributed by atoms with Crippen molar-refractivity contribution in [1.29, 1.82) is 0 Å². The van der Waals surface area contributed by atoms with E-state index in [-0.39, 0.29) is 26.7 Å². The van der Waals surface area contributed by atoms with E-state index in [1.807, 2.05) is 0 Å². The van der Waals surface area contributed by atoms with E-state index in [0.717, 1.165) is 0 Å². The van der Waals surface area contributed by atoms with Gasteiger partial charge in [0.05, 0.1) is 21.2 Å². The highest BCUT2D eigenvalue weighted by Crippen LogP contribution is 2.25. The molecule has 0 aliphatic heterocycles. The lowest BCUT2D eigenvalue weighted by Crippen LogP contribution is -2.40. The van der Waals surface area contributed by atoms with Crippen molar-refractivity contribution in [3.63, 3.8) is 0 Å². The number of hydrogen-bond donors (Lipinski definition) is 3. The van der Waals surface area contributed by atoms with Gasteiger partial charge in [0.1, 0.15) is 0 Å². The van der Waals surface area contributed by atoms with Crippen molar-refractivity contribution < 1.29 is 21.6 Å². The predicted octanol–water partition coefficient (Wildman–Crippen LogP) is 3.82. The number of sulfonamides is 2. The van der Waals surface area contributed by atoms with Crippen LogP contribution in [0.3, 0.4) is 0 Å². The standard InChI is InChI=1S/C23H25N3O5S2/c1-23(2,3)26-33(30,31)19-15-13-17(14-16-19)22(27)24-20-11-7-8-12-21(20)25-32(28,29)18-9-5-4-6-10-18/h4-16,25-26H,1-3H3,(H,24,27). The molecule has 0 aromatic heterocycles. The zero-order valence-electron chi connectivity index (χ0n) is 18.4. The minimum Gasteiger partial charge on any atom is -0.320 e. The number of anilines is 2. The van der Waals surface area contributed by atoms with E-state index in [1.165, 1.54) is 42.5 Å². The van der Waals surface area contributed by atoms with Gasteiger partial charge in [0.25, 0.3) is 15.9 Å². The summed E-state index contributed by atoms with van der Waals surface area (Å²) in [6.07, 6.45) is 0. The molecule has 0 aliphatic carbocycles. The van der Waals surface area contributed by atoms with Crippen LogP contribution in [0.2, 0.25) is 0 Å². The smallest absolute Gasteiger partial charge is 0.261 e. The Kier molecular flexibility index (Phi) is 6.92. The third kappa shape index (κ3) is 6.41. The van der Waals surface area contributed by atoms with E-state index in [1.54, 1.807) is 57.2 Å². The number of carbonyl (C=O) groups is 1. The maximum absolute atomic E-state index is 12.7. The summed E-state index contributed by atoms with van der Waals surface area (Å²) < 4.78 is 55.2. The van der Waals surface area contributed by atoms with E-state index in [0.29, 0.717) is 0 Å². The Balaban J connectivity index is 1.79. The van der Waals surface area contributed by atoms with Gasteiger partial charge in [-0.2, -0.15) is 0 Å². The first-order valence-corrected chi connectivity index (χ1v) is 13.0. The van der Waals surface area contributed by atoms with Gasteiger partial charge in [-0.05, 0) is 69.3 Å². The molecule has 174 valence electrons. The van der Waals surface area contributed by atoms with Crippen LogP contribution in [-0.4, -0.2) is 28.3 Å². The molecule has 3 aromatic rings. The van der Waals surface area contributed by atoms with Crippen molar-refractivity contribution in [2.24, 2.45) is 0 Å². The minimum absolute atomic E-state index is 0.0324. The second kappa shape index (κ2) is 9.34. The fourth-order valence-corrected chi connectivity index (χ4v) is 5.45. The summed E-state index contributed by atoms with van der Waals surface area (Å²) in [6, 6.07) is 19.7. The van der Waals surface area contributed by atoms with Crippen LogP contribution in [0.1, 0.15) is 31.1 Å². The number of nitrogens with one attached hydrogen (secondary N) is 3. The molecule has 0 fully saturated rings. The van der Waals surface area contributed by atoms with E-state index in [4.69, 9.17) is 0 Å². The summed E-state index contributed by atoms with van der Waals surface area (Å²) in [5.74, 6) is -0.519. The molecular formula is C23H25N3O5S2. The lowest BCUT2D eigenvalue weighted by atomic mass is 10.1. The normalized spacial score (nSPS) is 12.2. The van der Waals surface area contributed by atoms with Crippen molar-refractivity contribution in [3.8, 4) is 0 Å². The lowest BCUT2D eigenvalue weighted by Gasteiger charge is -2.20. The number of carbonyl (C=O) groups excluding carboxylic acids is 1.